The van der Waals surface area contributed by atoms with E-state index in [0.717, 1.165) is 5.70 Å². The number of hydrogen-bond donors (Lipinski definition) is 2. The number of fused-ring (bicyclic) bond motifs is 1. The first-order valence-corrected chi connectivity index (χ1v) is 3.28. The van der Waals surface area contributed by atoms with Gasteiger partial charge in [-0.15, -0.1) is 0 Å². The molecule has 58 valence electrons. The van der Waals surface area contributed by atoms with Crippen molar-refractivity contribution in [2.75, 3.05) is 0 Å². The van der Waals surface area contributed by atoms with Gasteiger partial charge in [0.15, 0.2) is 0 Å². The zero-order valence-corrected chi connectivity index (χ0v) is 6.03. The fourth-order valence-corrected chi connectivity index (χ4v) is 0.991. The first kappa shape index (κ1) is 6.23. The summed E-state index contributed by atoms with van der Waals surface area (Å²) in [5.74, 6) is -0.128. The number of nitrogens with one attached hydrogen (secondary N) is 2. The Morgan fingerprint density at radius 1 is 1.45 bits per heavy atom. The van der Waals surface area contributed by atoms with Gasteiger partial charge in [-0.25, -0.2) is 5.43 Å². The molecule has 1 amide bonds. The van der Waals surface area contributed by atoms with E-state index >= 15 is 0 Å². The van der Waals surface area contributed by atoms with E-state index in [1.54, 1.807) is 11.2 Å². The lowest BCUT2D eigenvalue weighted by atomic mass is 10.5. The number of amides is 1. The predicted octanol–water partition coefficient (Wildman–Crippen LogP) is -0.557. The third kappa shape index (κ3) is 0.947. The number of rotatable bonds is 0. The Labute approximate surface area is 63.9 Å². The molecule has 2 aliphatic rings. The number of carbonyl (C=O) groups excluding carboxylic acids is 1. The summed E-state index contributed by atoms with van der Waals surface area (Å²) < 4.78 is 0. The molecule has 0 unspecified atom stereocenters. The molecular formula is C6H8N4O. The Morgan fingerprint density at radius 3 is 3.09 bits per heavy atom. The van der Waals surface area contributed by atoms with Crippen molar-refractivity contribution in [1.29, 1.82) is 0 Å². The van der Waals surface area contributed by atoms with Crippen LogP contribution in [0.15, 0.2) is 24.2 Å². The van der Waals surface area contributed by atoms with Crippen LogP contribution in [-0.2, 0) is 4.79 Å². The minimum atomic E-state index is -0.128. The molecule has 0 radical (unpaired) electrons. The minimum absolute atomic E-state index is 0.128. The van der Waals surface area contributed by atoms with E-state index in [9.17, 15) is 4.79 Å². The quantitative estimate of drug-likeness (QED) is 0.488. The summed E-state index contributed by atoms with van der Waals surface area (Å²) in [6.45, 7) is 1.91. The van der Waals surface area contributed by atoms with Gasteiger partial charge in [-0.05, 0) is 12.2 Å². The number of nitrogens with zero attached hydrogens (tertiary/aromatic N) is 2. The van der Waals surface area contributed by atoms with Crippen LogP contribution in [0.4, 0.5) is 0 Å². The van der Waals surface area contributed by atoms with Crippen LogP contribution in [0, 0.1) is 0 Å². The first-order chi connectivity index (χ1) is 5.25. The van der Waals surface area contributed by atoms with Crippen molar-refractivity contribution in [2.24, 2.45) is 0 Å². The Bertz CT molecular complexity index is 257. The van der Waals surface area contributed by atoms with Crippen LogP contribution >= 0.6 is 0 Å². The molecule has 2 N–H and O–H groups in total. The van der Waals surface area contributed by atoms with Gasteiger partial charge in [-0.3, -0.25) is 15.2 Å². The number of allylic oxidation sites excluding steroid dienone is 1. The second-order valence-electron chi connectivity index (χ2n) is 2.41. The molecule has 0 bridgehead atoms. The predicted molar refractivity (Wildman–Crippen MR) is 37.9 cm³/mol. The highest BCUT2D eigenvalue weighted by atomic mass is 16.2. The SMILES string of the molecule is CC1=CN2C=CC(=O)NN2N1. The van der Waals surface area contributed by atoms with Gasteiger partial charge in [0.25, 0.3) is 5.91 Å². The van der Waals surface area contributed by atoms with Gasteiger partial charge in [0.2, 0.25) is 0 Å². The molecule has 0 saturated heterocycles. The molecule has 2 heterocycles. The van der Waals surface area contributed by atoms with E-state index in [0.29, 0.717) is 0 Å². The molecule has 0 spiro atoms. The van der Waals surface area contributed by atoms with E-state index in [-0.39, 0.29) is 5.91 Å². The van der Waals surface area contributed by atoms with Crippen LogP contribution < -0.4 is 10.9 Å². The highest BCUT2D eigenvalue weighted by Crippen LogP contribution is 2.09. The van der Waals surface area contributed by atoms with E-state index < -0.39 is 0 Å². The van der Waals surface area contributed by atoms with Gasteiger partial charge >= 0.3 is 0 Å². The first-order valence-electron chi connectivity index (χ1n) is 3.28. The molecule has 0 aromatic heterocycles. The molecule has 0 aromatic rings. The van der Waals surface area contributed by atoms with Gasteiger partial charge in [0, 0.05) is 24.2 Å². The second kappa shape index (κ2) is 2.00. The highest BCUT2D eigenvalue weighted by Gasteiger charge is 2.21. The summed E-state index contributed by atoms with van der Waals surface area (Å²) in [5.41, 5.74) is 6.49. The van der Waals surface area contributed by atoms with Gasteiger partial charge < -0.3 is 0 Å². The van der Waals surface area contributed by atoms with Gasteiger partial charge in [0.1, 0.15) is 0 Å². The van der Waals surface area contributed by atoms with Gasteiger partial charge in [0.05, 0.1) is 0 Å². The van der Waals surface area contributed by atoms with Crippen LogP contribution in [0.1, 0.15) is 6.92 Å². The summed E-state index contributed by atoms with van der Waals surface area (Å²) in [4.78, 5) is 10.8. The smallest absolute Gasteiger partial charge is 0.262 e. The molecule has 2 aliphatic heterocycles. The normalized spacial score (nSPS) is 22.5. The zero-order valence-electron chi connectivity index (χ0n) is 6.03. The zero-order chi connectivity index (χ0) is 7.84. The highest BCUT2D eigenvalue weighted by molar-refractivity contribution is 5.87. The van der Waals surface area contributed by atoms with E-state index in [1.165, 1.54) is 11.3 Å². The lowest BCUT2D eigenvalue weighted by molar-refractivity contribution is -0.131. The largest absolute Gasteiger partial charge is 0.285 e. The fourth-order valence-electron chi connectivity index (χ4n) is 0.991. The molecule has 11 heavy (non-hydrogen) atoms. The molecule has 5 nitrogen and oxygen atoms in total. The monoisotopic (exact) mass is 152 g/mol. The van der Waals surface area contributed by atoms with Crippen LogP contribution in [-0.4, -0.2) is 16.1 Å². The Balaban J connectivity index is 2.21. The second-order valence-corrected chi connectivity index (χ2v) is 2.41. The van der Waals surface area contributed by atoms with Crippen molar-refractivity contribution in [3.8, 4) is 0 Å². The Kier molecular flexibility index (Phi) is 1.13. The molecule has 2 rings (SSSR count). The third-order valence-corrected chi connectivity index (χ3v) is 1.43. The molecule has 0 fully saturated rings. The van der Waals surface area contributed by atoms with Crippen molar-refractivity contribution < 1.29 is 4.79 Å². The number of hydrazine groups is 3. The van der Waals surface area contributed by atoms with Crippen molar-refractivity contribution in [3.05, 3.63) is 24.2 Å². The van der Waals surface area contributed by atoms with Crippen molar-refractivity contribution in [3.63, 3.8) is 0 Å². The summed E-state index contributed by atoms with van der Waals surface area (Å²) in [5, 5.41) is 3.26. The van der Waals surface area contributed by atoms with Crippen LogP contribution in [0.3, 0.4) is 0 Å². The summed E-state index contributed by atoms with van der Waals surface area (Å²) >= 11 is 0. The minimum Gasteiger partial charge on any atom is -0.285 e. The molecule has 0 atom stereocenters. The Morgan fingerprint density at radius 2 is 2.27 bits per heavy atom. The maximum Gasteiger partial charge on any atom is 0.262 e. The molecule has 0 saturated carbocycles. The van der Waals surface area contributed by atoms with E-state index in [2.05, 4.69) is 10.9 Å². The standard InChI is InChI=1S/C6H8N4O/c1-5-4-9-3-2-6(11)8-10(9)7-5/h2-4,7H,1H3,(H,8,11). The maximum absolute atomic E-state index is 10.8. The number of carbonyl (C=O) groups is 1. The average molecular weight is 152 g/mol. The maximum atomic E-state index is 10.8. The lowest BCUT2D eigenvalue weighted by Crippen LogP contribution is -2.54. The molecule has 5 heteroatoms. The van der Waals surface area contributed by atoms with Crippen molar-refractivity contribution in [2.45, 2.75) is 6.92 Å². The van der Waals surface area contributed by atoms with Crippen molar-refractivity contribution >= 4 is 5.91 Å². The van der Waals surface area contributed by atoms with Crippen LogP contribution in [0.2, 0.25) is 0 Å². The fraction of sp³-hybridized carbons (Fsp3) is 0.167. The van der Waals surface area contributed by atoms with E-state index in [4.69, 9.17) is 0 Å². The topological polar surface area (TPSA) is 47.6 Å². The summed E-state index contributed by atoms with van der Waals surface area (Å²) in [6.07, 6.45) is 5.02. The average Bonchev–Trinajstić information content (AvgIpc) is 2.27. The van der Waals surface area contributed by atoms with Crippen molar-refractivity contribution in [1.82, 2.24) is 21.1 Å². The lowest BCUT2D eigenvalue weighted by Gasteiger charge is -2.27. The molecule has 0 aromatic carbocycles. The van der Waals surface area contributed by atoms with Gasteiger partial charge in [-0.1, -0.05) is 0 Å². The van der Waals surface area contributed by atoms with Crippen LogP contribution in [0.25, 0.3) is 0 Å². The summed E-state index contributed by atoms with van der Waals surface area (Å²) in [6, 6.07) is 0. The Hall–Kier alpha value is -1.49. The van der Waals surface area contributed by atoms with Gasteiger partial charge in [-0.2, -0.15) is 0 Å². The summed E-state index contributed by atoms with van der Waals surface area (Å²) in [7, 11) is 0. The molecular weight excluding hydrogens is 144 g/mol. The molecule has 0 aliphatic carbocycles. The van der Waals surface area contributed by atoms with Crippen LogP contribution in [0.5, 0.6) is 0 Å². The number of hydrogen-bond acceptors (Lipinski definition) is 4. The van der Waals surface area contributed by atoms with E-state index in [1.807, 2.05) is 13.1 Å². The third-order valence-electron chi connectivity index (χ3n) is 1.43.